The predicted molar refractivity (Wildman–Crippen MR) is 71.0 cm³/mol. The van der Waals surface area contributed by atoms with E-state index in [2.05, 4.69) is 30.1 Å². The molecule has 0 amide bonds. The van der Waals surface area contributed by atoms with Crippen molar-refractivity contribution in [1.82, 2.24) is 30.1 Å². The molecule has 19 heavy (non-hydrogen) atoms. The number of nitrogens with zero attached hydrogens (tertiary/aromatic N) is 3. The highest BCUT2D eigenvalue weighted by Crippen LogP contribution is 2.06. The number of aromatic nitrogens is 3. The molecule has 9 heteroatoms. The lowest BCUT2D eigenvalue weighted by molar-refractivity contribution is 0.253. The van der Waals surface area contributed by atoms with Crippen LogP contribution in [0.2, 0.25) is 0 Å². The average Bonchev–Trinajstić information content (AvgIpc) is 2.91. The summed E-state index contributed by atoms with van der Waals surface area (Å²) in [5.74, 6) is 0.622. The quantitative estimate of drug-likeness (QED) is 0.600. The maximum atomic E-state index is 12.0. The first-order valence-electron chi connectivity index (χ1n) is 6.35. The van der Waals surface area contributed by atoms with E-state index < -0.39 is 16.1 Å². The fourth-order valence-corrected chi connectivity index (χ4v) is 3.26. The Morgan fingerprint density at radius 2 is 2.21 bits per heavy atom. The van der Waals surface area contributed by atoms with Crippen molar-refractivity contribution in [2.24, 2.45) is 0 Å². The molecule has 108 valence electrons. The van der Waals surface area contributed by atoms with Crippen molar-refractivity contribution in [3.63, 3.8) is 0 Å². The van der Waals surface area contributed by atoms with E-state index in [4.69, 9.17) is 0 Å². The van der Waals surface area contributed by atoms with Crippen LogP contribution >= 0.6 is 0 Å². The van der Waals surface area contributed by atoms with Crippen molar-refractivity contribution in [1.29, 1.82) is 0 Å². The Morgan fingerprint density at radius 3 is 2.84 bits per heavy atom. The van der Waals surface area contributed by atoms with E-state index in [-0.39, 0.29) is 5.75 Å². The summed E-state index contributed by atoms with van der Waals surface area (Å²) in [5, 5.41) is 9.60. The Bertz CT molecular complexity index is 468. The summed E-state index contributed by atoms with van der Waals surface area (Å²) >= 11 is 0. The van der Waals surface area contributed by atoms with Crippen LogP contribution in [0.5, 0.6) is 0 Å². The first-order valence-corrected chi connectivity index (χ1v) is 8.00. The zero-order valence-corrected chi connectivity index (χ0v) is 11.8. The molecule has 1 aromatic heterocycles. The molecule has 1 saturated heterocycles. The van der Waals surface area contributed by atoms with Crippen LogP contribution in [-0.4, -0.2) is 67.0 Å². The number of hydrogen-bond donors (Lipinski definition) is 3. The van der Waals surface area contributed by atoms with Crippen LogP contribution in [0.4, 0.5) is 0 Å². The maximum Gasteiger partial charge on any atom is 0.213 e. The Hall–Kier alpha value is -1.03. The van der Waals surface area contributed by atoms with Gasteiger partial charge in [-0.15, -0.1) is 0 Å². The summed E-state index contributed by atoms with van der Waals surface area (Å²) < 4.78 is 26.5. The van der Waals surface area contributed by atoms with Crippen LogP contribution < -0.4 is 10.0 Å². The molecule has 0 bridgehead atoms. The summed E-state index contributed by atoms with van der Waals surface area (Å²) in [6.45, 7) is 5.92. The molecule has 8 nitrogen and oxygen atoms in total. The molecule has 0 spiro atoms. The first kappa shape index (κ1) is 14.4. The van der Waals surface area contributed by atoms with Gasteiger partial charge in [-0.25, -0.2) is 18.1 Å². The topological polar surface area (TPSA) is 103 Å². The van der Waals surface area contributed by atoms with Gasteiger partial charge < -0.3 is 5.32 Å². The van der Waals surface area contributed by atoms with Crippen LogP contribution in [0.15, 0.2) is 6.33 Å². The second kappa shape index (κ2) is 6.42. The van der Waals surface area contributed by atoms with Crippen molar-refractivity contribution < 1.29 is 8.42 Å². The Morgan fingerprint density at radius 1 is 1.47 bits per heavy atom. The van der Waals surface area contributed by atoms with E-state index in [1.165, 1.54) is 6.33 Å². The van der Waals surface area contributed by atoms with Gasteiger partial charge in [0.25, 0.3) is 0 Å². The number of piperazine rings is 1. The number of nitrogens with one attached hydrogen (secondary N) is 3. The lowest BCUT2D eigenvalue weighted by Gasteiger charge is -2.27. The van der Waals surface area contributed by atoms with Gasteiger partial charge in [0.15, 0.2) is 0 Å². The highest BCUT2D eigenvalue weighted by Gasteiger charge is 2.19. The molecule has 0 saturated carbocycles. The summed E-state index contributed by atoms with van der Waals surface area (Å²) in [7, 11) is -3.31. The SMILES string of the molecule is CC(NS(=O)(=O)CCN1CCNCC1)c1ncn[nH]1. The highest BCUT2D eigenvalue weighted by molar-refractivity contribution is 7.89. The number of H-pyrrole nitrogens is 1. The third kappa shape index (κ3) is 4.53. The third-order valence-corrected chi connectivity index (χ3v) is 4.52. The minimum atomic E-state index is -3.31. The van der Waals surface area contributed by atoms with Gasteiger partial charge in [0.1, 0.15) is 12.2 Å². The van der Waals surface area contributed by atoms with Gasteiger partial charge in [0.05, 0.1) is 11.8 Å². The molecule has 0 aliphatic carbocycles. The van der Waals surface area contributed by atoms with Crippen LogP contribution in [-0.2, 0) is 10.0 Å². The Labute approximate surface area is 113 Å². The van der Waals surface area contributed by atoms with Crippen molar-refractivity contribution in [2.45, 2.75) is 13.0 Å². The van der Waals surface area contributed by atoms with Crippen LogP contribution in [0.1, 0.15) is 18.8 Å². The van der Waals surface area contributed by atoms with Gasteiger partial charge in [-0.2, -0.15) is 5.10 Å². The predicted octanol–water partition coefficient (Wildman–Crippen LogP) is -1.31. The number of hydrogen-bond acceptors (Lipinski definition) is 6. The fraction of sp³-hybridized carbons (Fsp3) is 0.800. The van der Waals surface area contributed by atoms with Crippen molar-refractivity contribution in [3.8, 4) is 0 Å². The molecular weight excluding hydrogens is 268 g/mol. The number of aromatic amines is 1. The minimum Gasteiger partial charge on any atom is -0.314 e. The Kier molecular flexibility index (Phi) is 4.86. The molecular formula is C10H20N6O2S. The normalized spacial score (nSPS) is 19.4. The first-order chi connectivity index (χ1) is 9.07. The molecule has 1 atom stereocenters. The summed E-state index contributed by atoms with van der Waals surface area (Å²) in [6, 6.07) is -0.393. The number of sulfonamides is 1. The average molecular weight is 288 g/mol. The molecule has 1 aliphatic rings. The molecule has 1 aliphatic heterocycles. The zero-order chi connectivity index (χ0) is 13.7. The Balaban J connectivity index is 1.81. The molecule has 1 unspecified atom stereocenters. The van der Waals surface area contributed by atoms with Gasteiger partial charge in [-0.1, -0.05) is 0 Å². The van der Waals surface area contributed by atoms with E-state index in [1.54, 1.807) is 6.92 Å². The van der Waals surface area contributed by atoms with Crippen molar-refractivity contribution in [2.75, 3.05) is 38.5 Å². The largest absolute Gasteiger partial charge is 0.314 e. The summed E-state index contributed by atoms with van der Waals surface area (Å²) in [4.78, 5) is 6.09. The maximum absolute atomic E-state index is 12.0. The summed E-state index contributed by atoms with van der Waals surface area (Å²) in [6.07, 6.45) is 1.36. The van der Waals surface area contributed by atoms with E-state index >= 15 is 0 Å². The second-order valence-corrected chi connectivity index (χ2v) is 6.49. The third-order valence-electron chi connectivity index (χ3n) is 3.09. The molecule has 2 rings (SSSR count). The van der Waals surface area contributed by atoms with Gasteiger partial charge in [-0.3, -0.25) is 10.00 Å². The van der Waals surface area contributed by atoms with E-state index in [0.29, 0.717) is 12.4 Å². The fourth-order valence-electron chi connectivity index (χ4n) is 1.99. The van der Waals surface area contributed by atoms with Crippen LogP contribution in [0, 0.1) is 0 Å². The molecule has 1 aromatic rings. The smallest absolute Gasteiger partial charge is 0.213 e. The van der Waals surface area contributed by atoms with E-state index in [9.17, 15) is 8.42 Å². The molecule has 1 fully saturated rings. The molecule has 3 N–H and O–H groups in total. The summed E-state index contributed by atoms with van der Waals surface area (Å²) in [5.41, 5.74) is 0. The van der Waals surface area contributed by atoms with Crippen LogP contribution in [0.25, 0.3) is 0 Å². The monoisotopic (exact) mass is 288 g/mol. The van der Waals surface area contributed by atoms with E-state index in [1.807, 2.05) is 0 Å². The van der Waals surface area contributed by atoms with Crippen LogP contribution in [0.3, 0.4) is 0 Å². The van der Waals surface area contributed by atoms with Gasteiger partial charge in [-0.05, 0) is 6.92 Å². The van der Waals surface area contributed by atoms with Gasteiger partial charge >= 0.3 is 0 Å². The standard InChI is InChI=1S/C10H20N6O2S/c1-9(10-12-8-13-14-10)15-19(17,18)7-6-16-4-2-11-3-5-16/h8-9,11,15H,2-7H2,1H3,(H,12,13,14). The van der Waals surface area contributed by atoms with E-state index in [0.717, 1.165) is 26.2 Å². The van der Waals surface area contributed by atoms with Gasteiger partial charge in [0, 0.05) is 32.7 Å². The second-order valence-electron chi connectivity index (χ2n) is 4.62. The minimum absolute atomic E-state index is 0.103. The highest BCUT2D eigenvalue weighted by atomic mass is 32.2. The molecule has 0 radical (unpaired) electrons. The number of rotatable bonds is 6. The molecule has 0 aromatic carbocycles. The molecule has 2 heterocycles. The van der Waals surface area contributed by atoms with Crippen molar-refractivity contribution >= 4 is 10.0 Å². The van der Waals surface area contributed by atoms with Gasteiger partial charge in [0.2, 0.25) is 10.0 Å². The van der Waals surface area contributed by atoms with Crippen molar-refractivity contribution in [3.05, 3.63) is 12.2 Å². The lowest BCUT2D eigenvalue weighted by atomic mass is 10.3. The lowest BCUT2D eigenvalue weighted by Crippen LogP contribution is -2.46. The zero-order valence-electron chi connectivity index (χ0n) is 11.0.